The zero-order valence-corrected chi connectivity index (χ0v) is 18.6. The smallest absolute Gasteiger partial charge is 0.225 e. The molecule has 2 aliphatic rings. The van der Waals surface area contributed by atoms with Gasteiger partial charge in [0.05, 0.1) is 5.69 Å². The first-order valence-corrected chi connectivity index (χ1v) is 11.2. The summed E-state index contributed by atoms with van der Waals surface area (Å²) in [4.78, 5) is 19.2. The van der Waals surface area contributed by atoms with E-state index in [-0.39, 0.29) is 12.0 Å². The number of aliphatic imine (C=N–C) groups is 1. The third-order valence-corrected chi connectivity index (χ3v) is 6.22. The molecule has 2 N–H and O–H groups in total. The maximum Gasteiger partial charge on any atom is 0.225 e. The number of guanidine groups is 1. The summed E-state index contributed by atoms with van der Waals surface area (Å²) in [7, 11) is 1.81. The molecule has 1 amide bonds. The Morgan fingerprint density at radius 3 is 2.69 bits per heavy atom. The minimum Gasteiger partial charge on any atom is -0.356 e. The lowest BCUT2D eigenvalue weighted by atomic mass is 9.88. The van der Waals surface area contributed by atoms with Gasteiger partial charge in [0, 0.05) is 50.9 Å². The highest BCUT2D eigenvalue weighted by atomic mass is 16.2. The Balaban J connectivity index is 1.42. The Morgan fingerprint density at radius 2 is 2.03 bits per heavy atom. The number of hydrogen-bond donors (Lipinski definition) is 2. The fourth-order valence-corrected chi connectivity index (χ4v) is 4.56. The van der Waals surface area contributed by atoms with Gasteiger partial charge in [0.1, 0.15) is 0 Å². The van der Waals surface area contributed by atoms with E-state index in [1.165, 1.54) is 25.0 Å². The number of likely N-dealkylation sites (tertiary alicyclic amines) is 1. The van der Waals surface area contributed by atoms with E-state index in [0.717, 1.165) is 57.1 Å². The molecule has 7 nitrogen and oxygen atoms in total. The van der Waals surface area contributed by atoms with Crippen LogP contribution in [0.3, 0.4) is 0 Å². The normalized spacial score (nSPS) is 22.0. The molecule has 3 rings (SSSR count). The molecule has 2 fully saturated rings. The maximum absolute atomic E-state index is 12.8. The second kappa shape index (κ2) is 10.1. The van der Waals surface area contributed by atoms with Crippen molar-refractivity contribution in [2.24, 2.45) is 16.8 Å². The molecule has 0 radical (unpaired) electrons. The van der Waals surface area contributed by atoms with Crippen molar-refractivity contribution < 1.29 is 4.79 Å². The number of nitrogens with zero attached hydrogens (tertiary/aromatic N) is 4. The van der Waals surface area contributed by atoms with Crippen LogP contribution in [0.2, 0.25) is 0 Å². The topological polar surface area (TPSA) is 74.6 Å². The quantitative estimate of drug-likeness (QED) is 0.566. The zero-order valence-electron chi connectivity index (χ0n) is 18.6. The van der Waals surface area contributed by atoms with E-state index in [0.29, 0.717) is 11.8 Å². The number of amides is 1. The third-order valence-electron chi connectivity index (χ3n) is 6.22. The molecule has 2 heterocycles. The van der Waals surface area contributed by atoms with Crippen molar-refractivity contribution in [1.29, 1.82) is 0 Å². The summed E-state index contributed by atoms with van der Waals surface area (Å²) < 4.78 is 2.07. The molecule has 29 heavy (non-hydrogen) atoms. The molecule has 0 bridgehead atoms. The van der Waals surface area contributed by atoms with E-state index in [1.807, 2.05) is 6.92 Å². The fourth-order valence-electron chi connectivity index (χ4n) is 4.56. The largest absolute Gasteiger partial charge is 0.356 e. The average molecular weight is 403 g/mol. The predicted molar refractivity (Wildman–Crippen MR) is 117 cm³/mol. The summed E-state index contributed by atoms with van der Waals surface area (Å²) in [6.45, 7) is 9.71. The van der Waals surface area contributed by atoms with Crippen LogP contribution in [0.4, 0.5) is 0 Å². The van der Waals surface area contributed by atoms with Crippen LogP contribution < -0.4 is 10.6 Å². The van der Waals surface area contributed by atoms with E-state index in [2.05, 4.69) is 50.2 Å². The second-order valence-corrected chi connectivity index (χ2v) is 8.92. The molecule has 1 aromatic rings. The number of carbonyl (C=O) groups is 1. The Labute approximate surface area is 175 Å². The highest BCUT2D eigenvalue weighted by Crippen LogP contribution is 2.26. The standard InChI is InChI=1S/C22H38N6O/c1-16(14-28-18(3)12-17(2)26-28)13-24-22(23-4)25-20-10-11-27(15-20)21(29)19-8-6-5-7-9-19/h12,16,19-20H,5-11,13-15H2,1-4H3,(H2,23,24,25). The Morgan fingerprint density at radius 1 is 1.28 bits per heavy atom. The van der Waals surface area contributed by atoms with E-state index < -0.39 is 0 Å². The van der Waals surface area contributed by atoms with Gasteiger partial charge in [-0.2, -0.15) is 5.10 Å². The van der Waals surface area contributed by atoms with E-state index in [9.17, 15) is 4.79 Å². The molecular formula is C22H38N6O. The Hall–Kier alpha value is -2.05. The number of nitrogens with one attached hydrogen (secondary N) is 2. The van der Waals surface area contributed by atoms with Gasteiger partial charge in [-0.3, -0.25) is 14.5 Å². The highest BCUT2D eigenvalue weighted by molar-refractivity contribution is 5.81. The first-order chi connectivity index (χ1) is 14.0. The summed E-state index contributed by atoms with van der Waals surface area (Å²) in [5.74, 6) is 1.88. The molecule has 2 unspecified atom stereocenters. The van der Waals surface area contributed by atoms with Gasteiger partial charge in [-0.05, 0) is 45.1 Å². The maximum atomic E-state index is 12.8. The summed E-state index contributed by atoms with van der Waals surface area (Å²) >= 11 is 0. The minimum absolute atomic E-state index is 0.259. The molecular weight excluding hydrogens is 364 g/mol. The van der Waals surface area contributed by atoms with Crippen LogP contribution in [0.15, 0.2) is 11.1 Å². The van der Waals surface area contributed by atoms with Crippen molar-refractivity contribution in [3.05, 3.63) is 17.5 Å². The van der Waals surface area contributed by atoms with Gasteiger partial charge in [-0.25, -0.2) is 0 Å². The van der Waals surface area contributed by atoms with Crippen LogP contribution in [-0.4, -0.2) is 59.3 Å². The van der Waals surface area contributed by atoms with Gasteiger partial charge >= 0.3 is 0 Å². The summed E-state index contributed by atoms with van der Waals surface area (Å²) in [6.07, 6.45) is 6.83. The van der Waals surface area contributed by atoms with Gasteiger partial charge in [0.25, 0.3) is 0 Å². The average Bonchev–Trinajstić information content (AvgIpc) is 3.31. The van der Waals surface area contributed by atoms with Crippen LogP contribution in [0, 0.1) is 25.7 Å². The van der Waals surface area contributed by atoms with Gasteiger partial charge in [0.15, 0.2) is 5.96 Å². The van der Waals surface area contributed by atoms with E-state index in [4.69, 9.17) is 0 Å². The molecule has 2 atom stereocenters. The number of hydrogen-bond acceptors (Lipinski definition) is 3. The van der Waals surface area contributed by atoms with Crippen molar-refractivity contribution in [2.45, 2.75) is 71.9 Å². The third kappa shape index (κ3) is 5.97. The zero-order chi connectivity index (χ0) is 20.8. The lowest BCUT2D eigenvalue weighted by molar-refractivity contribution is -0.135. The Kier molecular flexibility index (Phi) is 7.56. The molecule has 1 aliphatic heterocycles. The SMILES string of the molecule is CN=C(NCC(C)Cn1nc(C)cc1C)NC1CCN(C(=O)C2CCCCC2)C1. The molecule has 162 valence electrons. The molecule has 1 saturated heterocycles. The van der Waals surface area contributed by atoms with Gasteiger partial charge in [-0.1, -0.05) is 26.2 Å². The summed E-state index contributed by atoms with van der Waals surface area (Å²) in [6, 6.07) is 2.39. The van der Waals surface area contributed by atoms with Crippen molar-refractivity contribution in [1.82, 2.24) is 25.3 Å². The van der Waals surface area contributed by atoms with Crippen LogP contribution in [-0.2, 0) is 11.3 Å². The monoisotopic (exact) mass is 402 g/mol. The summed E-state index contributed by atoms with van der Waals surface area (Å²) in [5.41, 5.74) is 2.26. The van der Waals surface area contributed by atoms with Crippen molar-refractivity contribution >= 4 is 11.9 Å². The van der Waals surface area contributed by atoms with E-state index in [1.54, 1.807) is 7.05 Å². The first-order valence-electron chi connectivity index (χ1n) is 11.2. The fraction of sp³-hybridized carbons (Fsp3) is 0.773. The molecule has 0 spiro atoms. The van der Waals surface area contributed by atoms with Gasteiger partial charge in [0.2, 0.25) is 5.91 Å². The lowest BCUT2D eigenvalue weighted by Gasteiger charge is -2.26. The molecule has 1 aliphatic carbocycles. The minimum atomic E-state index is 0.259. The molecule has 1 aromatic heterocycles. The van der Waals surface area contributed by atoms with Crippen molar-refractivity contribution in [3.8, 4) is 0 Å². The number of rotatable bonds is 6. The lowest BCUT2D eigenvalue weighted by Crippen LogP contribution is -2.46. The second-order valence-electron chi connectivity index (χ2n) is 8.92. The van der Waals surface area contributed by atoms with Crippen molar-refractivity contribution in [2.75, 3.05) is 26.7 Å². The Bertz CT molecular complexity index is 706. The predicted octanol–water partition coefficient (Wildman–Crippen LogP) is 2.48. The van der Waals surface area contributed by atoms with Crippen LogP contribution in [0.5, 0.6) is 0 Å². The highest BCUT2D eigenvalue weighted by Gasteiger charge is 2.31. The van der Waals surface area contributed by atoms with Crippen LogP contribution in [0.25, 0.3) is 0 Å². The first kappa shape index (κ1) is 21.7. The number of aryl methyl sites for hydroxylation is 2. The van der Waals surface area contributed by atoms with Crippen molar-refractivity contribution in [3.63, 3.8) is 0 Å². The van der Waals surface area contributed by atoms with E-state index >= 15 is 0 Å². The molecule has 1 saturated carbocycles. The summed E-state index contributed by atoms with van der Waals surface area (Å²) in [5, 5.41) is 11.5. The molecule has 7 heteroatoms. The number of carbonyl (C=O) groups excluding carboxylic acids is 1. The number of aromatic nitrogens is 2. The molecule has 0 aromatic carbocycles. The van der Waals surface area contributed by atoms with Gasteiger partial charge < -0.3 is 15.5 Å². The van der Waals surface area contributed by atoms with Crippen LogP contribution >= 0.6 is 0 Å². The van der Waals surface area contributed by atoms with Crippen LogP contribution in [0.1, 0.15) is 56.8 Å². The van der Waals surface area contributed by atoms with Gasteiger partial charge in [-0.15, -0.1) is 0 Å².